The first-order valence-corrected chi connectivity index (χ1v) is 5.94. The minimum absolute atomic E-state index is 0. The smallest absolute Gasteiger partial charge is 0.224 e. The highest BCUT2D eigenvalue weighted by Gasteiger charge is 2.05. The van der Waals surface area contributed by atoms with Crippen LogP contribution in [0.1, 0.15) is 12.8 Å². The number of pyridine rings is 2. The lowest BCUT2D eigenvalue weighted by Crippen LogP contribution is -2.15. The Morgan fingerprint density at radius 2 is 2.05 bits per heavy atom. The second kappa shape index (κ2) is 9.47. The van der Waals surface area contributed by atoms with Gasteiger partial charge in [-0.15, -0.1) is 24.8 Å². The number of nitrogens with one attached hydrogen (secondary N) is 2. The quantitative estimate of drug-likeness (QED) is 0.831. The summed E-state index contributed by atoms with van der Waals surface area (Å²) >= 11 is 0. The highest BCUT2D eigenvalue weighted by molar-refractivity contribution is 6.00. The van der Waals surface area contributed by atoms with Gasteiger partial charge in [0.25, 0.3) is 0 Å². The molecule has 0 atom stereocenters. The number of rotatable bonds is 5. The molecule has 0 aliphatic heterocycles. The molecule has 0 bridgehead atoms. The molecule has 2 rings (SSSR count). The summed E-state index contributed by atoms with van der Waals surface area (Å²) in [5, 5.41) is 6.78. The number of nitrogens with zero attached hydrogens (tertiary/aromatic N) is 2. The van der Waals surface area contributed by atoms with Gasteiger partial charge in [-0.1, -0.05) is 0 Å². The van der Waals surface area contributed by atoms with E-state index in [1.807, 2.05) is 13.1 Å². The molecule has 5 nitrogen and oxygen atoms in total. The third kappa shape index (κ3) is 4.92. The molecule has 2 N–H and O–H groups in total. The Morgan fingerprint density at radius 1 is 1.25 bits per heavy atom. The average Bonchev–Trinajstić information content (AvgIpc) is 2.39. The molecule has 0 fully saturated rings. The summed E-state index contributed by atoms with van der Waals surface area (Å²) in [4.78, 5) is 20.0. The molecule has 0 aliphatic carbocycles. The molecular weight excluding hydrogens is 299 g/mol. The van der Waals surface area contributed by atoms with E-state index in [2.05, 4.69) is 20.6 Å². The molecule has 1 amide bonds. The third-order valence-corrected chi connectivity index (χ3v) is 2.65. The average molecular weight is 317 g/mol. The van der Waals surface area contributed by atoms with Crippen LogP contribution in [0.3, 0.4) is 0 Å². The third-order valence-electron chi connectivity index (χ3n) is 2.65. The Hall–Kier alpha value is -1.43. The molecule has 0 spiro atoms. The van der Waals surface area contributed by atoms with Crippen LogP contribution in [-0.4, -0.2) is 29.5 Å². The Labute approximate surface area is 130 Å². The van der Waals surface area contributed by atoms with Gasteiger partial charge in [-0.05, 0) is 32.1 Å². The molecule has 0 aliphatic rings. The number of anilines is 1. The molecule has 0 saturated carbocycles. The summed E-state index contributed by atoms with van der Waals surface area (Å²) in [6, 6.07) is 3.62. The minimum atomic E-state index is 0. The maximum atomic E-state index is 11.8. The fourth-order valence-electron chi connectivity index (χ4n) is 1.74. The Balaban J connectivity index is 0.00000180. The number of hydrogen-bond acceptors (Lipinski definition) is 4. The molecule has 0 unspecified atom stereocenters. The molecular formula is C13H18Cl2N4O. The molecule has 2 aromatic heterocycles. The van der Waals surface area contributed by atoms with Crippen LogP contribution < -0.4 is 10.6 Å². The van der Waals surface area contributed by atoms with Crippen molar-refractivity contribution in [3.05, 3.63) is 30.7 Å². The van der Waals surface area contributed by atoms with Crippen molar-refractivity contribution in [2.45, 2.75) is 12.8 Å². The van der Waals surface area contributed by atoms with Crippen LogP contribution in [0.25, 0.3) is 10.9 Å². The molecule has 0 aromatic carbocycles. The zero-order valence-electron chi connectivity index (χ0n) is 11.1. The fraction of sp³-hybridized carbons (Fsp3) is 0.308. The monoisotopic (exact) mass is 316 g/mol. The minimum Gasteiger partial charge on any atom is -0.325 e. The molecule has 20 heavy (non-hydrogen) atoms. The van der Waals surface area contributed by atoms with Crippen molar-refractivity contribution in [3.63, 3.8) is 0 Å². The highest BCUT2D eigenvalue weighted by atomic mass is 35.5. The summed E-state index contributed by atoms with van der Waals surface area (Å²) < 4.78 is 0. The first-order chi connectivity index (χ1) is 8.81. The topological polar surface area (TPSA) is 66.9 Å². The Kier molecular flexibility index (Phi) is 8.79. The van der Waals surface area contributed by atoms with Gasteiger partial charge in [0.2, 0.25) is 5.91 Å². The van der Waals surface area contributed by atoms with Crippen molar-refractivity contribution in [2.75, 3.05) is 18.9 Å². The van der Waals surface area contributed by atoms with Gasteiger partial charge in [0.1, 0.15) is 0 Å². The van der Waals surface area contributed by atoms with Gasteiger partial charge in [-0.25, -0.2) is 0 Å². The van der Waals surface area contributed by atoms with Crippen LogP contribution in [0.15, 0.2) is 30.7 Å². The maximum Gasteiger partial charge on any atom is 0.224 e. The summed E-state index contributed by atoms with van der Waals surface area (Å²) in [6.07, 6.45) is 6.42. The van der Waals surface area contributed by atoms with Crippen molar-refractivity contribution in [2.24, 2.45) is 0 Å². The number of carbonyl (C=O) groups excluding carboxylic acids is 1. The van der Waals surface area contributed by atoms with E-state index in [0.29, 0.717) is 6.42 Å². The summed E-state index contributed by atoms with van der Waals surface area (Å²) in [7, 11) is 1.87. The van der Waals surface area contributed by atoms with E-state index in [4.69, 9.17) is 0 Å². The zero-order valence-corrected chi connectivity index (χ0v) is 12.8. The van der Waals surface area contributed by atoms with Gasteiger partial charge in [0.15, 0.2) is 0 Å². The lowest BCUT2D eigenvalue weighted by Gasteiger charge is -2.07. The van der Waals surface area contributed by atoms with Gasteiger partial charge >= 0.3 is 0 Å². The predicted octanol–water partition coefficient (Wildman–Crippen LogP) is 2.41. The van der Waals surface area contributed by atoms with E-state index in [-0.39, 0.29) is 30.7 Å². The first-order valence-electron chi connectivity index (χ1n) is 5.94. The Morgan fingerprint density at radius 3 is 2.80 bits per heavy atom. The zero-order chi connectivity index (χ0) is 12.8. The Bertz CT molecular complexity index is 545. The second-order valence-corrected chi connectivity index (χ2v) is 4.01. The van der Waals surface area contributed by atoms with Crippen LogP contribution in [0.5, 0.6) is 0 Å². The molecule has 2 aromatic rings. The standard InChI is InChI=1S/C13H16N4O.2ClH/c1-14-6-2-3-13(18)17-12-5-8-16-11-4-7-15-9-10(11)12;;/h4-5,7-9,14H,2-3,6H2,1H3,(H,16,17,18);2*1H. The number of carbonyl (C=O) groups is 1. The fourth-order valence-corrected chi connectivity index (χ4v) is 1.74. The van der Waals surface area contributed by atoms with E-state index >= 15 is 0 Å². The van der Waals surface area contributed by atoms with Crippen molar-refractivity contribution in [3.8, 4) is 0 Å². The van der Waals surface area contributed by atoms with Gasteiger partial charge < -0.3 is 10.6 Å². The van der Waals surface area contributed by atoms with Crippen molar-refractivity contribution < 1.29 is 4.79 Å². The summed E-state index contributed by atoms with van der Waals surface area (Å²) in [5.74, 6) is 0.0154. The van der Waals surface area contributed by atoms with Crippen LogP contribution in [0, 0.1) is 0 Å². The number of amides is 1. The SMILES string of the molecule is CNCCCC(=O)Nc1ccnc2ccncc12.Cl.Cl. The van der Waals surface area contributed by atoms with Gasteiger partial charge in [-0.2, -0.15) is 0 Å². The summed E-state index contributed by atoms with van der Waals surface area (Å²) in [6.45, 7) is 0.839. The summed E-state index contributed by atoms with van der Waals surface area (Å²) in [5.41, 5.74) is 1.60. The number of aromatic nitrogens is 2. The molecule has 0 saturated heterocycles. The largest absolute Gasteiger partial charge is 0.325 e. The highest BCUT2D eigenvalue weighted by Crippen LogP contribution is 2.19. The van der Waals surface area contributed by atoms with Crippen LogP contribution in [0.4, 0.5) is 5.69 Å². The molecule has 0 radical (unpaired) electrons. The van der Waals surface area contributed by atoms with Crippen molar-refractivity contribution in [1.82, 2.24) is 15.3 Å². The lowest BCUT2D eigenvalue weighted by molar-refractivity contribution is -0.116. The number of fused-ring (bicyclic) bond motifs is 1. The van der Waals surface area contributed by atoms with E-state index in [9.17, 15) is 4.79 Å². The van der Waals surface area contributed by atoms with Crippen LogP contribution in [-0.2, 0) is 4.79 Å². The number of halogens is 2. The van der Waals surface area contributed by atoms with E-state index in [1.54, 1.807) is 24.7 Å². The van der Waals surface area contributed by atoms with E-state index in [1.165, 1.54) is 0 Å². The van der Waals surface area contributed by atoms with Gasteiger partial charge in [0.05, 0.1) is 11.2 Å². The molecule has 2 heterocycles. The molecule has 7 heteroatoms. The van der Waals surface area contributed by atoms with Crippen LogP contribution >= 0.6 is 24.8 Å². The molecule has 110 valence electrons. The first kappa shape index (κ1) is 18.6. The van der Waals surface area contributed by atoms with E-state index in [0.717, 1.165) is 29.6 Å². The van der Waals surface area contributed by atoms with Gasteiger partial charge in [0, 0.05) is 30.4 Å². The van der Waals surface area contributed by atoms with Crippen molar-refractivity contribution in [1.29, 1.82) is 0 Å². The van der Waals surface area contributed by atoms with Crippen LogP contribution in [0.2, 0.25) is 0 Å². The normalized spacial score (nSPS) is 9.45. The number of hydrogen-bond donors (Lipinski definition) is 2. The van der Waals surface area contributed by atoms with Crippen molar-refractivity contribution >= 4 is 47.3 Å². The second-order valence-electron chi connectivity index (χ2n) is 4.01. The lowest BCUT2D eigenvalue weighted by atomic mass is 10.2. The maximum absolute atomic E-state index is 11.8. The predicted molar refractivity (Wildman–Crippen MR) is 85.8 cm³/mol. The van der Waals surface area contributed by atoms with E-state index < -0.39 is 0 Å². The van der Waals surface area contributed by atoms with Gasteiger partial charge in [-0.3, -0.25) is 14.8 Å².